The summed E-state index contributed by atoms with van der Waals surface area (Å²) in [6.07, 6.45) is 2.79. The summed E-state index contributed by atoms with van der Waals surface area (Å²) in [4.78, 5) is 11.9. The molecule has 1 aliphatic rings. The van der Waals surface area contributed by atoms with Gasteiger partial charge in [-0.25, -0.2) is 0 Å². The maximum Gasteiger partial charge on any atom is 0.309 e. The lowest BCUT2D eigenvalue weighted by Crippen LogP contribution is -2.30. The Bertz CT molecular complexity index is 456. The average Bonchev–Trinajstić information content (AvgIpc) is 2.40. The standard InChI is InChI=1S/C17H25NO2/c1-12(2)18-11-15-6-4-5-14(9-15)10-16-8-7-13(3)20-17(16)19/h4-6,9,12-13,16,18H,7-8,10-11H2,1-3H3. The molecule has 0 saturated carbocycles. The van der Waals surface area contributed by atoms with E-state index in [1.54, 1.807) is 0 Å². The first-order chi connectivity index (χ1) is 9.54. The lowest BCUT2D eigenvalue weighted by molar-refractivity contribution is -0.159. The third-order valence-corrected chi connectivity index (χ3v) is 3.76. The first kappa shape index (κ1) is 15.0. The monoisotopic (exact) mass is 275 g/mol. The van der Waals surface area contributed by atoms with Crippen molar-refractivity contribution in [2.24, 2.45) is 5.92 Å². The maximum absolute atomic E-state index is 11.9. The van der Waals surface area contributed by atoms with Crippen molar-refractivity contribution in [1.29, 1.82) is 0 Å². The van der Waals surface area contributed by atoms with Crippen molar-refractivity contribution in [1.82, 2.24) is 5.32 Å². The zero-order valence-electron chi connectivity index (χ0n) is 12.7. The first-order valence-electron chi connectivity index (χ1n) is 7.56. The highest BCUT2D eigenvalue weighted by atomic mass is 16.5. The topological polar surface area (TPSA) is 38.3 Å². The number of carbonyl (C=O) groups excluding carboxylic acids is 1. The van der Waals surface area contributed by atoms with Gasteiger partial charge in [0.15, 0.2) is 0 Å². The molecular weight excluding hydrogens is 250 g/mol. The fraction of sp³-hybridized carbons (Fsp3) is 0.588. The Morgan fingerprint density at radius 1 is 1.30 bits per heavy atom. The van der Waals surface area contributed by atoms with Gasteiger partial charge in [0.1, 0.15) is 0 Å². The van der Waals surface area contributed by atoms with Gasteiger partial charge < -0.3 is 10.1 Å². The molecule has 2 unspecified atom stereocenters. The van der Waals surface area contributed by atoms with E-state index in [0.717, 1.165) is 25.8 Å². The average molecular weight is 275 g/mol. The van der Waals surface area contributed by atoms with E-state index in [9.17, 15) is 4.79 Å². The van der Waals surface area contributed by atoms with Gasteiger partial charge in [-0.05, 0) is 37.3 Å². The van der Waals surface area contributed by atoms with Crippen molar-refractivity contribution in [3.05, 3.63) is 35.4 Å². The van der Waals surface area contributed by atoms with Crippen molar-refractivity contribution in [2.45, 2.75) is 58.7 Å². The number of hydrogen-bond acceptors (Lipinski definition) is 3. The molecule has 2 atom stereocenters. The quantitative estimate of drug-likeness (QED) is 0.839. The van der Waals surface area contributed by atoms with Crippen molar-refractivity contribution in [2.75, 3.05) is 0 Å². The van der Waals surface area contributed by atoms with Crippen molar-refractivity contribution >= 4 is 5.97 Å². The van der Waals surface area contributed by atoms with E-state index in [-0.39, 0.29) is 18.0 Å². The van der Waals surface area contributed by atoms with E-state index >= 15 is 0 Å². The van der Waals surface area contributed by atoms with Gasteiger partial charge in [-0.2, -0.15) is 0 Å². The summed E-state index contributed by atoms with van der Waals surface area (Å²) in [5, 5.41) is 3.42. The number of ether oxygens (including phenoxy) is 1. The molecule has 1 saturated heterocycles. The second-order valence-corrected chi connectivity index (χ2v) is 6.08. The van der Waals surface area contributed by atoms with Crippen molar-refractivity contribution in [3.8, 4) is 0 Å². The fourth-order valence-electron chi connectivity index (χ4n) is 2.57. The highest BCUT2D eigenvalue weighted by Gasteiger charge is 2.27. The molecule has 0 aromatic heterocycles. The van der Waals surface area contributed by atoms with E-state index in [4.69, 9.17) is 4.74 Å². The van der Waals surface area contributed by atoms with E-state index < -0.39 is 0 Å². The summed E-state index contributed by atoms with van der Waals surface area (Å²) >= 11 is 0. The minimum atomic E-state index is -0.0329. The molecule has 0 radical (unpaired) electrons. The van der Waals surface area contributed by atoms with Crippen LogP contribution in [0.2, 0.25) is 0 Å². The van der Waals surface area contributed by atoms with E-state index in [1.807, 2.05) is 6.92 Å². The lowest BCUT2D eigenvalue weighted by atomic mass is 9.91. The lowest BCUT2D eigenvalue weighted by Gasteiger charge is -2.25. The molecule has 3 nitrogen and oxygen atoms in total. The Labute approximate surface area is 121 Å². The highest BCUT2D eigenvalue weighted by Crippen LogP contribution is 2.24. The molecule has 0 amide bonds. The van der Waals surface area contributed by atoms with Gasteiger partial charge in [0.2, 0.25) is 0 Å². The third-order valence-electron chi connectivity index (χ3n) is 3.76. The summed E-state index contributed by atoms with van der Waals surface area (Å²) in [5.41, 5.74) is 2.50. The van der Waals surface area contributed by atoms with Crippen molar-refractivity contribution in [3.63, 3.8) is 0 Å². The zero-order valence-corrected chi connectivity index (χ0v) is 12.7. The van der Waals surface area contributed by atoms with Gasteiger partial charge in [-0.3, -0.25) is 4.79 Å². The van der Waals surface area contributed by atoms with Crippen LogP contribution < -0.4 is 5.32 Å². The Hall–Kier alpha value is -1.35. The summed E-state index contributed by atoms with van der Waals surface area (Å²) in [7, 11) is 0. The van der Waals surface area contributed by atoms with Crippen molar-refractivity contribution < 1.29 is 9.53 Å². The largest absolute Gasteiger partial charge is 0.462 e. The Balaban J connectivity index is 1.95. The Kier molecular flexibility index (Phi) is 5.18. The second kappa shape index (κ2) is 6.89. The Morgan fingerprint density at radius 2 is 2.05 bits per heavy atom. The van der Waals surface area contributed by atoms with E-state index in [1.165, 1.54) is 11.1 Å². The van der Waals surface area contributed by atoms with Crippen LogP contribution in [0.3, 0.4) is 0 Å². The first-order valence-corrected chi connectivity index (χ1v) is 7.56. The Morgan fingerprint density at radius 3 is 2.75 bits per heavy atom. The van der Waals surface area contributed by atoms with E-state index in [2.05, 4.69) is 43.4 Å². The molecule has 1 aromatic rings. The fourth-order valence-corrected chi connectivity index (χ4v) is 2.57. The van der Waals surface area contributed by atoms with Crippen LogP contribution in [-0.2, 0) is 22.5 Å². The van der Waals surface area contributed by atoms with Crippen LogP contribution in [0.25, 0.3) is 0 Å². The number of carbonyl (C=O) groups is 1. The molecule has 20 heavy (non-hydrogen) atoms. The molecule has 0 aliphatic carbocycles. The van der Waals surface area contributed by atoms with Gasteiger partial charge in [-0.15, -0.1) is 0 Å². The highest BCUT2D eigenvalue weighted by molar-refractivity contribution is 5.73. The molecule has 0 spiro atoms. The van der Waals surface area contributed by atoms with Gasteiger partial charge in [0.25, 0.3) is 0 Å². The molecule has 2 rings (SSSR count). The van der Waals surface area contributed by atoms with Crippen LogP contribution >= 0.6 is 0 Å². The number of cyclic esters (lactones) is 1. The molecule has 110 valence electrons. The predicted molar refractivity (Wildman–Crippen MR) is 80.4 cm³/mol. The van der Waals surface area contributed by atoms with Crippen LogP contribution in [0.4, 0.5) is 0 Å². The molecule has 3 heteroatoms. The second-order valence-electron chi connectivity index (χ2n) is 6.08. The SMILES string of the molecule is CC(C)NCc1cccc(CC2CCC(C)OC2=O)c1. The smallest absolute Gasteiger partial charge is 0.309 e. The normalized spacial score (nSPS) is 22.9. The zero-order chi connectivity index (χ0) is 14.5. The summed E-state index contributed by atoms with van der Waals surface area (Å²) in [6.45, 7) is 7.12. The molecule has 1 fully saturated rings. The molecule has 1 aromatic carbocycles. The maximum atomic E-state index is 11.9. The van der Waals surface area contributed by atoms with Gasteiger partial charge >= 0.3 is 5.97 Å². The van der Waals surface area contributed by atoms with Gasteiger partial charge in [0, 0.05) is 12.6 Å². The minimum absolute atomic E-state index is 0.0273. The number of rotatable bonds is 5. The third kappa shape index (κ3) is 4.34. The number of hydrogen-bond donors (Lipinski definition) is 1. The van der Waals surface area contributed by atoms with Crippen LogP contribution in [-0.4, -0.2) is 18.1 Å². The van der Waals surface area contributed by atoms with E-state index in [0.29, 0.717) is 6.04 Å². The summed E-state index contributed by atoms with van der Waals surface area (Å²) < 4.78 is 5.33. The molecule has 1 heterocycles. The predicted octanol–water partition coefficient (Wildman–Crippen LogP) is 3.07. The number of nitrogens with one attached hydrogen (secondary N) is 1. The van der Waals surface area contributed by atoms with Crippen LogP contribution in [0.15, 0.2) is 24.3 Å². The number of benzene rings is 1. The van der Waals surface area contributed by atoms with Gasteiger partial charge in [0.05, 0.1) is 12.0 Å². The minimum Gasteiger partial charge on any atom is -0.462 e. The molecule has 1 aliphatic heterocycles. The van der Waals surface area contributed by atoms with Crippen LogP contribution in [0, 0.1) is 5.92 Å². The summed E-state index contributed by atoms with van der Waals surface area (Å²) in [5.74, 6) is -0.00559. The summed E-state index contributed by atoms with van der Waals surface area (Å²) in [6, 6.07) is 8.97. The number of esters is 1. The van der Waals surface area contributed by atoms with Crippen LogP contribution in [0.5, 0.6) is 0 Å². The van der Waals surface area contributed by atoms with Crippen LogP contribution in [0.1, 0.15) is 44.7 Å². The molecule has 1 N–H and O–H groups in total. The van der Waals surface area contributed by atoms with Gasteiger partial charge in [-0.1, -0.05) is 38.1 Å². The molecule has 0 bridgehead atoms. The molecular formula is C17H25NO2.